The molecule has 1 aliphatic rings. The van der Waals surface area contributed by atoms with Gasteiger partial charge in [-0.1, -0.05) is 5.92 Å². The van der Waals surface area contributed by atoms with Gasteiger partial charge in [-0.3, -0.25) is 0 Å². The second-order valence-electron chi connectivity index (χ2n) is 4.10. The average Bonchev–Trinajstić information content (AvgIpc) is 3.07. The lowest BCUT2D eigenvalue weighted by molar-refractivity contribution is 0.264. The van der Waals surface area contributed by atoms with Crippen LogP contribution in [-0.2, 0) is 0 Å². The molecule has 84 valence electrons. The molecular weight excluding hydrogens is 202 g/mol. The SMILES string of the molecule is C#CC(C)Oc1nc(C2CC2)nc(N)c1C. The number of ether oxygens (including phenoxy) is 1. The number of rotatable bonds is 3. The van der Waals surface area contributed by atoms with Crippen LogP contribution in [0.1, 0.15) is 37.1 Å². The third-order valence-electron chi connectivity index (χ3n) is 2.62. The first-order valence-corrected chi connectivity index (χ1v) is 5.38. The van der Waals surface area contributed by atoms with E-state index in [9.17, 15) is 0 Å². The lowest BCUT2D eigenvalue weighted by Gasteiger charge is -2.12. The summed E-state index contributed by atoms with van der Waals surface area (Å²) in [5.74, 6) is 4.73. The third kappa shape index (κ3) is 2.08. The zero-order chi connectivity index (χ0) is 11.7. The van der Waals surface area contributed by atoms with Crippen molar-refractivity contribution < 1.29 is 4.74 Å². The summed E-state index contributed by atoms with van der Waals surface area (Å²) in [5.41, 5.74) is 6.58. The molecule has 0 aromatic carbocycles. The number of nitrogens with two attached hydrogens (primary N) is 1. The molecule has 16 heavy (non-hydrogen) atoms. The highest BCUT2D eigenvalue weighted by atomic mass is 16.5. The zero-order valence-electron chi connectivity index (χ0n) is 9.53. The van der Waals surface area contributed by atoms with Crippen LogP contribution >= 0.6 is 0 Å². The van der Waals surface area contributed by atoms with Crippen molar-refractivity contribution in [1.82, 2.24) is 9.97 Å². The lowest BCUT2D eigenvalue weighted by Crippen LogP contribution is -2.13. The number of nitrogens with zero attached hydrogens (tertiary/aromatic N) is 2. The van der Waals surface area contributed by atoms with E-state index in [0.29, 0.717) is 17.6 Å². The summed E-state index contributed by atoms with van der Waals surface area (Å²) in [7, 11) is 0. The summed E-state index contributed by atoms with van der Waals surface area (Å²) in [4.78, 5) is 8.64. The molecular formula is C12H15N3O. The highest BCUT2D eigenvalue weighted by Crippen LogP contribution is 2.39. The number of aromatic nitrogens is 2. The van der Waals surface area contributed by atoms with Gasteiger partial charge in [-0.25, -0.2) is 4.98 Å². The van der Waals surface area contributed by atoms with Crippen LogP contribution < -0.4 is 10.5 Å². The van der Waals surface area contributed by atoms with Gasteiger partial charge >= 0.3 is 0 Å². The van der Waals surface area contributed by atoms with E-state index >= 15 is 0 Å². The second kappa shape index (κ2) is 4.01. The van der Waals surface area contributed by atoms with Crippen molar-refractivity contribution in [2.24, 2.45) is 0 Å². The molecule has 2 rings (SSSR count). The summed E-state index contributed by atoms with van der Waals surface area (Å²) in [6.07, 6.45) is 7.23. The molecule has 0 saturated heterocycles. The minimum atomic E-state index is -0.306. The maximum absolute atomic E-state index is 5.82. The number of nitrogen functional groups attached to an aromatic ring is 1. The van der Waals surface area contributed by atoms with E-state index in [1.165, 1.54) is 0 Å². The molecule has 0 amide bonds. The molecule has 0 bridgehead atoms. The molecule has 1 saturated carbocycles. The molecule has 1 heterocycles. The van der Waals surface area contributed by atoms with Gasteiger partial charge in [0.25, 0.3) is 0 Å². The Bertz CT molecular complexity index is 446. The van der Waals surface area contributed by atoms with Gasteiger partial charge in [-0.15, -0.1) is 6.42 Å². The van der Waals surface area contributed by atoms with Gasteiger partial charge in [0.2, 0.25) is 5.88 Å². The molecule has 1 aromatic heterocycles. The average molecular weight is 217 g/mol. The van der Waals surface area contributed by atoms with Crippen LogP contribution in [0.25, 0.3) is 0 Å². The Hall–Kier alpha value is -1.76. The number of hydrogen-bond acceptors (Lipinski definition) is 4. The van der Waals surface area contributed by atoms with Crippen LogP contribution in [0.2, 0.25) is 0 Å². The van der Waals surface area contributed by atoms with Crippen LogP contribution in [0.15, 0.2) is 0 Å². The van der Waals surface area contributed by atoms with E-state index in [0.717, 1.165) is 24.2 Å². The first-order valence-electron chi connectivity index (χ1n) is 5.38. The predicted octanol–water partition coefficient (Wildman–Crippen LogP) is 1.65. The van der Waals surface area contributed by atoms with E-state index < -0.39 is 0 Å². The standard InChI is InChI=1S/C12H15N3O/c1-4-7(2)16-12-8(3)10(13)14-11(15-12)9-5-6-9/h1,7,9H,5-6H2,2-3H3,(H2,13,14,15). The smallest absolute Gasteiger partial charge is 0.223 e. The van der Waals surface area contributed by atoms with E-state index in [2.05, 4.69) is 15.9 Å². The molecule has 1 unspecified atom stereocenters. The molecule has 1 aliphatic carbocycles. The van der Waals surface area contributed by atoms with Crippen molar-refractivity contribution in [1.29, 1.82) is 0 Å². The van der Waals surface area contributed by atoms with Gasteiger partial charge in [0, 0.05) is 5.92 Å². The van der Waals surface area contributed by atoms with Crippen LogP contribution in [0, 0.1) is 19.3 Å². The molecule has 1 atom stereocenters. The summed E-state index contributed by atoms with van der Waals surface area (Å²) < 4.78 is 5.53. The molecule has 0 radical (unpaired) electrons. The van der Waals surface area contributed by atoms with Crippen LogP contribution in [0.4, 0.5) is 5.82 Å². The summed E-state index contributed by atoms with van der Waals surface area (Å²) in [6.45, 7) is 3.64. The third-order valence-corrected chi connectivity index (χ3v) is 2.62. The maximum Gasteiger partial charge on any atom is 0.223 e. The summed E-state index contributed by atoms with van der Waals surface area (Å²) in [5, 5.41) is 0. The van der Waals surface area contributed by atoms with Crippen molar-refractivity contribution in [2.75, 3.05) is 5.73 Å². The monoisotopic (exact) mass is 217 g/mol. The van der Waals surface area contributed by atoms with Crippen molar-refractivity contribution >= 4 is 5.82 Å². The normalized spacial score (nSPS) is 16.6. The topological polar surface area (TPSA) is 61.0 Å². The highest BCUT2D eigenvalue weighted by molar-refractivity contribution is 5.45. The number of terminal acetylenes is 1. The Morgan fingerprint density at radius 1 is 1.50 bits per heavy atom. The van der Waals surface area contributed by atoms with Crippen molar-refractivity contribution in [3.63, 3.8) is 0 Å². The summed E-state index contributed by atoms with van der Waals surface area (Å²) >= 11 is 0. The fraction of sp³-hybridized carbons (Fsp3) is 0.500. The van der Waals surface area contributed by atoms with Crippen LogP contribution in [0.3, 0.4) is 0 Å². The van der Waals surface area contributed by atoms with Crippen molar-refractivity contribution in [3.8, 4) is 18.2 Å². The minimum absolute atomic E-state index is 0.306. The van der Waals surface area contributed by atoms with Gasteiger partial charge in [-0.05, 0) is 26.7 Å². The largest absolute Gasteiger partial charge is 0.461 e. The fourth-order valence-electron chi connectivity index (χ4n) is 1.37. The zero-order valence-corrected chi connectivity index (χ0v) is 9.53. The molecule has 1 fully saturated rings. The number of anilines is 1. The quantitative estimate of drug-likeness (QED) is 0.782. The molecule has 4 nitrogen and oxygen atoms in total. The van der Waals surface area contributed by atoms with E-state index in [-0.39, 0.29) is 6.10 Å². The highest BCUT2D eigenvalue weighted by Gasteiger charge is 2.28. The lowest BCUT2D eigenvalue weighted by atomic mass is 10.3. The van der Waals surface area contributed by atoms with Gasteiger partial charge in [0.1, 0.15) is 11.6 Å². The Morgan fingerprint density at radius 2 is 2.19 bits per heavy atom. The molecule has 0 aliphatic heterocycles. The number of hydrogen-bond donors (Lipinski definition) is 1. The van der Waals surface area contributed by atoms with E-state index in [1.54, 1.807) is 6.92 Å². The molecule has 1 aromatic rings. The first kappa shape index (κ1) is 10.7. The molecule has 0 spiro atoms. The Labute approximate surface area is 95.2 Å². The van der Waals surface area contributed by atoms with Crippen LogP contribution in [-0.4, -0.2) is 16.1 Å². The Balaban J connectivity index is 2.31. The first-order chi connectivity index (χ1) is 7.61. The second-order valence-corrected chi connectivity index (χ2v) is 4.10. The minimum Gasteiger partial charge on any atom is -0.461 e. The van der Waals surface area contributed by atoms with Gasteiger partial charge in [0.05, 0.1) is 5.56 Å². The maximum atomic E-state index is 5.82. The van der Waals surface area contributed by atoms with Crippen molar-refractivity contribution in [3.05, 3.63) is 11.4 Å². The fourth-order valence-corrected chi connectivity index (χ4v) is 1.37. The van der Waals surface area contributed by atoms with Crippen molar-refractivity contribution in [2.45, 2.75) is 38.7 Å². The molecule has 4 heteroatoms. The molecule has 2 N–H and O–H groups in total. The predicted molar refractivity (Wildman–Crippen MR) is 62.1 cm³/mol. The van der Waals surface area contributed by atoms with Gasteiger partial charge in [-0.2, -0.15) is 4.98 Å². The Kier molecular flexibility index (Phi) is 2.69. The van der Waals surface area contributed by atoms with E-state index in [4.69, 9.17) is 16.9 Å². The van der Waals surface area contributed by atoms with Gasteiger partial charge < -0.3 is 10.5 Å². The van der Waals surface area contributed by atoms with E-state index in [1.807, 2.05) is 6.92 Å². The van der Waals surface area contributed by atoms with Crippen LogP contribution in [0.5, 0.6) is 5.88 Å². The summed E-state index contributed by atoms with van der Waals surface area (Å²) in [6, 6.07) is 0. The van der Waals surface area contributed by atoms with Gasteiger partial charge in [0.15, 0.2) is 6.10 Å². The Morgan fingerprint density at radius 3 is 2.75 bits per heavy atom.